The number of carbonyl (C=O) groups excluding carboxylic acids is 6. The molecule has 3 aliphatic carbocycles. The summed E-state index contributed by atoms with van der Waals surface area (Å²) >= 11 is 0. The quantitative estimate of drug-likeness (QED) is 0.0287. The van der Waals surface area contributed by atoms with Crippen molar-refractivity contribution in [3.63, 3.8) is 0 Å². The molecule has 8 aliphatic rings. The smallest absolute Gasteiger partial charge is 0.315 e. The number of nitrogens with one attached hydrogen (secondary N) is 8. The maximum absolute atomic E-state index is 13.1. The van der Waals surface area contributed by atoms with Crippen molar-refractivity contribution in [2.75, 3.05) is 59.0 Å². The zero-order valence-corrected chi connectivity index (χ0v) is 70.4. The number of aliphatic hydroxyl groups excluding tert-OH is 18. The van der Waals surface area contributed by atoms with Gasteiger partial charge in [-0.05, 0) is 19.3 Å². The van der Waals surface area contributed by atoms with Crippen LogP contribution in [0.15, 0.2) is 0 Å². The minimum absolute atomic E-state index is 0. The molecule has 58 heteroatoms. The van der Waals surface area contributed by atoms with Gasteiger partial charge in [-0.3, -0.25) is 19.2 Å². The number of ether oxygens (including phenoxy) is 10. The molecule has 5 aliphatic heterocycles. The van der Waals surface area contributed by atoms with E-state index in [1.165, 1.54) is 0 Å². The summed E-state index contributed by atoms with van der Waals surface area (Å²) in [5, 5.41) is 213. The molecule has 0 bridgehead atoms. The second kappa shape index (κ2) is 53.9. The molecule has 40 atom stereocenters. The molecule has 120 heavy (non-hydrogen) atoms. The summed E-state index contributed by atoms with van der Waals surface area (Å²) in [5.41, 5.74) is 48.8. The maximum atomic E-state index is 13.1. The zero-order chi connectivity index (χ0) is 82.6. The average molecular weight is 1920 g/mol. The number of nitrogens with two attached hydrogens (primary N) is 8. The van der Waals surface area contributed by atoms with Crippen LogP contribution in [0.1, 0.15) is 44.9 Å². The van der Waals surface area contributed by atoms with Crippen molar-refractivity contribution >= 4 is 135 Å². The number of carbonyl (C=O) groups is 6. The van der Waals surface area contributed by atoms with Gasteiger partial charge < -0.3 is 228 Å². The van der Waals surface area contributed by atoms with E-state index in [1.54, 1.807) is 0 Å². The van der Waals surface area contributed by atoms with Gasteiger partial charge >= 0.3 is 12.1 Å². The molecule has 0 aromatic heterocycles. The predicted octanol–water partition coefficient (Wildman–Crippen LogP) is -17.5. The molecule has 3 saturated carbocycles. The molecular weight excluding hydrogens is 1800 g/mol. The molecule has 50 nitrogen and oxygen atoms in total. The lowest BCUT2D eigenvalue weighted by atomic mass is 9.84. The molecule has 5 saturated heterocycles. The lowest BCUT2D eigenvalue weighted by molar-refractivity contribution is -0.332. The van der Waals surface area contributed by atoms with E-state index in [1.807, 2.05) is 0 Å². The fourth-order valence-electron chi connectivity index (χ4n) is 14.4. The molecule has 8 amide bonds. The van der Waals surface area contributed by atoms with Crippen LogP contribution in [0.4, 0.5) is 9.59 Å². The standard InChI is InChI=1S/C62H114N16O34.8ClH/c63-12-23-38(88)44(94)47(97)59(103-23)111-54-19(67)9-17(65)52(49(54)99)109-57-42(92)33(36(86)26(15-79)106-57)77-30(83)3-1-28(81)71-5-7-73-61(101)75-14-25-40(90)41(91)32(70)56(105-25)108-51-21(69)11-22(35(85)46(51)96)76-62(102)74-8-6-72-29(82)2-4-31(84)78-34-37(87)27(16-80)107-58(43(34)93)110-53-18(66)10-20(68)55(50(53)100)112-60-48(98)45(95)39(89)24(13-64)104-60;;;;;;;;/h17-27,32-60,79-80,85-100H,1-16,63-70H2,(H,71,81)(H,72,82)(H,77,83)(H,78,84)(H2,73,75,101)(H2,74,76,102);8*1H/t17-,18-,19+,20+,21+,22-,23-,24-,25-,26-,27-,32+,33+,34+,35+,36-,37-,38-,39-,40-,41-,42-,43-,44+,45+,46-,47-,48-,49-,50-,51-,52+,53+,54-,55-,56-,57-,58-,59-,60-;;;;;;;;/m1......../s1. The van der Waals surface area contributed by atoms with E-state index in [-0.39, 0.29) is 158 Å². The van der Waals surface area contributed by atoms with E-state index in [0.29, 0.717) is 0 Å². The summed E-state index contributed by atoms with van der Waals surface area (Å²) in [6.07, 6.45) is -52.9. The highest BCUT2D eigenvalue weighted by atomic mass is 35.5. The van der Waals surface area contributed by atoms with Gasteiger partial charge in [-0.15, -0.1) is 99.3 Å². The van der Waals surface area contributed by atoms with E-state index >= 15 is 0 Å². The first-order valence-corrected chi connectivity index (χ1v) is 36.7. The van der Waals surface area contributed by atoms with E-state index in [9.17, 15) is 121 Å². The van der Waals surface area contributed by atoms with Crippen molar-refractivity contribution in [2.24, 2.45) is 45.9 Å². The van der Waals surface area contributed by atoms with Gasteiger partial charge in [0.05, 0.1) is 37.4 Å². The third kappa shape index (κ3) is 29.4. The summed E-state index contributed by atoms with van der Waals surface area (Å²) in [6.45, 7) is -3.57. The zero-order valence-electron chi connectivity index (χ0n) is 63.9. The van der Waals surface area contributed by atoms with Gasteiger partial charge in [0.2, 0.25) is 23.6 Å². The van der Waals surface area contributed by atoms with Gasteiger partial charge in [-0.25, -0.2) is 9.59 Å². The Morgan fingerprint density at radius 2 is 0.608 bits per heavy atom. The third-order valence-corrected chi connectivity index (χ3v) is 21.0. The molecule has 5 heterocycles. The Bertz CT molecular complexity index is 3050. The van der Waals surface area contributed by atoms with Crippen molar-refractivity contribution in [2.45, 2.75) is 289 Å². The normalized spacial score (nSPS) is 41.6. The highest BCUT2D eigenvalue weighted by molar-refractivity contribution is 5.87. The van der Waals surface area contributed by atoms with Crippen LogP contribution in [0, 0.1) is 0 Å². The highest BCUT2D eigenvalue weighted by Gasteiger charge is 2.56. The van der Waals surface area contributed by atoms with Gasteiger partial charge in [-0.2, -0.15) is 0 Å². The maximum Gasteiger partial charge on any atom is 0.315 e. The molecule has 0 spiro atoms. The molecular formula is C62H122Cl8N16O34. The summed E-state index contributed by atoms with van der Waals surface area (Å²) in [4.78, 5) is 77.6. The van der Waals surface area contributed by atoms with Crippen molar-refractivity contribution in [1.82, 2.24) is 42.5 Å². The van der Waals surface area contributed by atoms with Crippen LogP contribution in [0.5, 0.6) is 0 Å². The number of hydrogen-bond donors (Lipinski definition) is 34. The average Bonchev–Trinajstić information content (AvgIpc) is 0.787. The molecule has 710 valence electrons. The fourth-order valence-corrected chi connectivity index (χ4v) is 14.4. The van der Waals surface area contributed by atoms with Crippen LogP contribution in [0.2, 0.25) is 0 Å². The lowest BCUT2D eigenvalue weighted by Crippen LogP contribution is -2.69. The van der Waals surface area contributed by atoms with Crippen molar-refractivity contribution in [1.29, 1.82) is 0 Å². The summed E-state index contributed by atoms with van der Waals surface area (Å²) in [5.74, 6) is -3.12. The highest BCUT2D eigenvalue weighted by Crippen LogP contribution is 2.36. The summed E-state index contributed by atoms with van der Waals surface area (Å²) in [7, 11) is 0. The second-order valence-electron chi connectivity index (χ2n) is 29.0. The van der Waals surface area contributed by atoms with Crippen LogP contribution in [0.25, 0.3) is 0 Å². The number of urea groups is 2. The second-order valence-corrected chi connectivity index (χ2v) is 29.0. The molecule has 8 rings (SSSR count). The number of rotatable bonds is 31. The SMILES string of the molecule is Cl.Cl.Cl.Cl.Cl.Cl.Cl.Cl.NC[C@H]1O[C@H](O[C@H]2[C@H](O)[C@@H](O[C@H]3O[C@H](CO)[C@@H](O)[C@H](NC(=O)CCC(=O)NCCNC(=O)NC[C@H]4O[C@H](O[C@H]5[C@H](O)[C@@H](O)[C@H](NC(=O)NCCNC(=O)CCC(=O)N[C@@H]6[C@@H](O)[C@@H](O[C@@H]7[C@@H](O)[C@H](O[C@H]8O[C@H](CN)[C@@H](O)[C@H](O)[C@H]8O)[C@@H](N)C[C@H]7N)O[C@H](CO)[C@H]6O)C[C@@H]5N)[C@@H](N)[C@@H](O)[C@@H]4O)[C@H]3O)[C@H](N)C[C@@H]2N)[C@H](O)[C@@H](O)[C@@H]1O. The number of halogens is 8. The van der Waals surface area contributed by atoms with E-state index in [0.717, 1.165) is 0 Å². The Balaban J connectivity index is 0.0000177. The van der Waals surface area contributed by atoms with Gasteiger partial charge in [0.15, 0.2) is 31.5 Å². The summed E-state index contributed by atoms with van der Waals surface area (Å²) < 4.78 is 57.2. The van der Waals surface area contributed by atoms with Gasteiger partial charge in [0, 0.05) is 102 Å². The topological polar surface area (TPSA) is 863 Å². The Morgan fingerprint density at radius 3 is 0.983 bits per heavy atom. The van der Waals surface area contributed by atoms with Crippen molar-refractivity contribution in [3.05, 3.63) is 0 Å². The van der Waals surface area contributed by atoms with Crippen molar-refractivity contribution in [3.8, 4) is 0 Å². The first-order chi connectivity index (χ1) is 52.9. The molecule has 0 aromatic rings. The van der Waals surface area contributed by atoms with Crippen molar-refractivity contribution < 1.29 is 168 Å². The van der Waals surface area contributed by atoms with E-state index < -0.39 is 326 Å². The van der Waals surface area contributed by atoms with E-state index in [2.05, 4.69) is 42.5 Å². The number of aliphatic hydroxyl groups is 18. The molecule has 8 fully saturated rings. The first-order valence-electron chi connectivity index (χ1n) is 36.7. The molecule has 42 N–H and O–H groups in total. The lowest BCUT2D eigenvalue weighted by Gasteiger charge is -2.48. The molecule has 0 unspecified atom stereocenters. The fraction of sp³-hybridized carbons (Fsp3) is 0.903. The Kier molecular flexibility index (Phi) is 52.7. The van der Waals surface area contributed by atoms with Crippen LogP contribution < -0.4 is 88.4 Å². The Labute approximate surface area is 736 Å². The van der Waals surface area contributed by atoms with Gasteiger partial charge in [0.25, 0.3) is 0 Å². The number of hydrogen-bond acceptors (Lipinski definition) is 42. The molecule has 0 radical (unpaired) electrons. The van der Waals surface area contributed by atoms with Crippen LogP contribution in [-0.4, -0.2) is 431 Å². The Hall–Kier alpha value is -2.70. The number of amides is 8. The van der Waals surface area contributed by atoms with E-state index in [4.69, 9.17) is 93.2 Å². The summed E-state index contributed by atoms with van der Waals surface area (Å²) in [6, 6.07) is -13.0. The minimum atomic E-state index is -1.90. The third-order valence-electron chi connectivity index (χ3n) is 21.0. The minimum Gasteiger partial charge on any atom is -0.394 e. The van der Waals surface area contributed by atoms with Crippen LogP contribution in [-0.2, 0) is 66.5 Å². The van der Waals surface area contributed by atoms with Gasteiger partial charge in [0.1, 0.15) is 159 Å². The molecule has 0 aromatic carbocycles. The first kappa shape index (κ1) is 117. The monoisotopic (exact) mass is 1910 g/mol. The van der Waals surface area contributed by atoms with Gasteiger partial charge in [-0.1, -0.05) is 0 Å². The largest absolute Gasteiger partial charge is 0.394 e. The van der Waals surface area contributed by atoms with Crippen LogP contribution >= 0.6 is 99.3 Å². The predicted molar refractivity (Wildman–Crippen MR) is 426 cm³/mol. The Morgan fingerprint density at radius 1 is 0.300 bits per heavy atom. The van der Waals surface area contributed by atoms with Crippen LogP contribution in [0.3, 0.4) is 0 Å².